The number of halogens is 2. The van der Waals surface area contributed by atoms with Crippen LogP contribution >= 0.6 is 23.2 Å². The van der Waals surface area contributed by atoms with Crippen LogP contribution in [0, 0.1) is 0 Å². The minimum Gasteiger partial charge on any atom is -0.360 e. The maximum absolute atomic E-state index is 11.2. The summed E-state index contributed by atoms with van der Waals surface area (Å²) in [7, 11) is 0. The fourth-order valence-electron chi connectivity index (χ4n) is 2.36. The first-order chi connectivity index (χ1) is 9.63. The second-order valence-corrected chi connectivity index (χ2v) is 5.92. The monoisotopic (exact) mass is 309 g/mol. The highest BCUT2D eigenvalue weighted by Crippen LogP contribution is 2.47. The Kier molecular flexibility index (Phi) is 3.57. The highest BCUT2D eigenvalue weighted by atomic mass is 35.5. The van der Waals surface area contributed by atoms with Gasteiger partial charge in [-0.15, -0.1) is 0 Å². The van der Waals surface area contributed by atoms with Gasteiger partial charge in [0.1, 0.15) is 17.7 Å². The quantitative estimate of drug-likeness (QED) is 0.760. The molecule has 1 aliphatic rings. The highest BCUT2D eigenvalue weighted by molar-refractivity contribution is 6.39. The van der Waals surface area contributed by atoms with E-state index in [0.29, 0.717) is 27.2 Å². The predicted octanol–water partition coefficient (Wildman–Crippen LogP) is 4.83. The first-order valence-electron chi connectivity index (χ1n) is 6.52. The zero-order valence-electron chi connectivity index (χ0n) is 10.9. The molecule has 0 bridgehead atoms. The van der Waals surface area contributed by atoms with Gasteiger partial charge >= 0.3 is 0 Å². The van der Waals surface area contributed by atoms with Crippen LogP contribution in [0.15, 0.2) is 22.7 Å². The van der Waals surface area contributed by atoms with Crippen molar-refractivity contribution in [3.63, 3.8) is 0 Å². The van der Waals surface area contributed by atoms with E-state index in [1.807, 2.05) is 6.92 Å². The van der Waals surface area contributed by atoms with Gasteiger partial charge in [-0.05, 0) is 25.0 Å². The molecule has 104 valence electrons. The summed E-state index contributed by atoms with van der Waals surface area (Å²) in [6.07, 6.45) is 3.04. The van der Waals surface area contributed by atoms with Crippen molar-refractivity contribution in [1.82, 2.24) is 5.16 Å². The summed E-state index contributed by atoms with van der Waals surface area (Å²) in [5.41, 5.74) is 2.04. The van der Waals surface area contributed by atoms with Crippen molar-refractivity contribution in [3.8, 4) is 11.3 Å². The Morgan fingerprint density at radius 2 is 2.00 bits per heavy atom. The maximum atomic E-state index is 11.2. The fraction of sp³-hybridized carbons (Fsp3) is 0.333. The Morgan fingerprint density at radius 1 is 1.35 bits per heavy atom. The van der Waals surface area contributed by atoms with E-state index >= 15 is 0 Å². The van der Waals surface area contributed by atoms with E-state index in [1.165, 1.54) is 0 Å². The topological polar surface area (TPSA) is 43.1 Å². The number of carbonyl (C=O) groups is 1. The van der Waals surface area contributed by atoms with Crippen LogP contribution in [0.4, 0.5) is 0 Å². The first kappa shape index (κ1) is 13.7. The maximum Gasteiger partial charge on any atom is 0.144 e. The standard InChI is InChI=1S/C15H13Cl2NO2/c1-8(7-19)12-14(18-20-15(12)9-5-6-9)13-10(16)3-2-4-11(13)17/h2-4,7-9H,5-6H2,1H3. The Balaban J connectivity index is 2.21. The summed E-state index contributed by atoms with van der Waals surface area (Å²) in [6.45, 7) is 1.83. The third kappa shape index (κ3) is 2.25. The van der Waals surface area contributed by atoms with Crippen molar-refractivity contribution in [2.45, 2.75) is 31.6 Å². The molecule has 2 aromatic rings. The summed E-state index contributed by atoms with van der Waals surface area (Å²) in [4.78, 5) is 11.2. The van der Waals surface area contributed by atoms with E-state index in [2.05, 4.69) is 5.16 Å². The van der Waals surface area contributed by atoms with Crippen LogP contribution in [-0.2, 0) is 4.79 Å². The number of aromatic nitrogens is 1. The van der Waals surface area contributed by atoms with Gasteiger partial charge in [-0.1, -0.05) is 41.3 Å². The summed E-state index contributed by atoms with van der Waals surface area (Å²) in [6, 6.07) is 5.28. The number of carbonyl (C=O) groups excluding carboxylic acids is 1. The van der Waals surface area contributed by atoms with Crippen LogP contribution in [0.25, 0.3) is 11.3 Å². The van der Waals surface area contributed by atoms with Gasteiger partial charge in [0.15, 0.2) is 0 Å². The van der Waals surface area contributed by atoms with Gasteiger partial charge in [-0.2, -0.15) is 0 Å². The summed E-state index contributed by atoms with van der Waals surface area (Å²) in [5, 5.41) is 5.15. The summed E-state index contributed by atoms with van der Waals surface area (Å²) >= 11 is 12.5. The van der Waals surface area contributed by atoms with Crippen molar-refractivity contribution in [3.05, 3.63) is 39.6 Å². The van der Waals surface area contributed by atoms with Crippen LogP contribution in [0.3, 0.4) is 0 Å². The van der Waals surface area contributed by atoms with Gasteiger partial charge in [-0.25, -0.2) is 0 Å². The second-order valence-electron chi connectivity index (χ2n) is 5.10. The van der Waals surface area contributed by atoms with Crippen LogP contribution in [0.2, 0.25) is 10.0 Å². The lowest BCUT2D eigenvalue weighted by Gasteiger charge is -2.09. The van der Waals surface area contributed by atoms with Crippen molar-refractivity contribution in [1.29, 1.82) is 0 Å². The van der Waals surface area contributed by atoms with Crippen molar-refractivity contribution in [2.24, 2.45) is 0 Å². The van der Waals surface area contributed by atoms with E-state index in [0.717, 1.165) is 30.5 Å². The number of nitrogens with zero attached hydrogens (tertiary/aromatic N) is 1. The minimum absolute atomic E-state index is 0.292. The van der Waals surface area contributed by atoms with Crippen molar-refractivity contribution < 1.29 is 9.32 Å². The van der Waals surface area contributed by atoms with E-state index in [1.54, 1.807) is 18.2 Å². The van der Waals surface area contributed by atoms with E-state index in [9.17, 15) is 4.79 Å². The van der Waals surface area contributed by atoms with Crippen LogP contribution in [0.1, 0.15) is 42.9 Å². The molecule has 20 heavy (non-hydrogen) atoms. The first-order valence-corrected chi connectivity index (χ1v) is 7.28. The molecule has 0 spiro atoms. The van der Waals surface area contributed by atoms with Gasteiger partial charge in [0, 0.05) is 23.0 Å². The molecule has 0 amide bonds. The fourth-order valence-corrected chi connectivity index (χ4v) is 2.94. The zero-order chi connectivity index (χ0) is 14.3. The smallest absolute Gasteiger partial charge is 0.144 e. The highest BCUT2D eigenvalue weighted by Gasteiger charge is 2.35. The molecule has 1 saturated carbocycles. The van der Waals surface area contributed by atoms with Crippen molar-refractivity contribution in [2.75, 3.05) is 0 Å². The number of aldehydes is 1. The van der Waals surface area contributed by atoms with Gasteiger partial charge in [0.25, 0.3) is 0 Å². The molecule has 1 aromatic carbocycles. The van der Waals surface area contributed by atoms with Crippen LogP contribution in [0.5, 0.6) is 0 Å². The molecular weight excluding hydrogens is 297 g/mol. The molecule has 1 aliphatic carbocycles. The Morgan fingerprint density at radius 3 is 2.55 bits per heavy atom. The number of benzene rings is 1. The van der Waals surface area contributed by atoms with Gasteiger partial charge in [0.2, 0.25) is 0 Å². The number of hydrogen-bond acceptors (Lipinski definition) is 3. The predicted molar refractivity (Wildman–Crippen MR) is 78.4 cm³/mol. The third-order valence-corrected chi connectivity index (χ3v) is 4.19. The van der Waals surface area contributed by atoms with E-state index < -0.39 is 0 Å². The molecule has 1 fully saturated rings. The lowest BCUT2D eigenvalue weighted by Crippen LogP contribution is -1.99. The Bertz CT molecular complexity index is 642. The molecule has 1 aromatic heterocycles. The third-order valence-electron chi connectivity index (χ3n) is 3.56. The van der Waals surface area contributed by atoms with E-state index in [-0.39, 0.29) is 5.92 Å². The SMILES string of the molecule is CC(C=O)c1c(-c2c(Cl)cccc2Cl)noc1C1CC1. The molecule has 0 saturated heterocycles. The molecule has 1 atom stereocenters. The lowest BCUT2D eigenvalue weighted by molar-refractivity contribution is -0.108. The normalized spacial score (nSPS) is 16.1. The van der Waals surface area contributed by atoms with E-state index in [4.69, 9.17) is 27.7 Å². The Labute approximate surface area is 126 Å². The molecule has 3 nitrogen and oxygen atoms in total. The van der Waals surface area contributed by atoms with Crippen molar-refractivity contribution >= 4 is 29.5 Å². The average molecular weight is 310 g/mol. The van der Waals surface area contributed by atoms with Gasteiger partial charge < -0.3 is 9.32 Å². The number of hydrogen-bond donors (Lipinski definition) is 0. The molecule has 0 radical (unpaired) electrons. The second kappa shape index (κ2) is 5.23. The molecule has 1 heterocycles. The molecule has 0 aliphatic heterocycles. The van der Waals surface area contributed by atoms with Gasteiger partial charge in [0.05, 0.1) is 10.0 Å². The average Bonchev–Trinajstić information content (AvgIpc) is 3.18. The molecule has 3 rings (SSSR count). The number of rotatable bonds is 4. The van der Waals surface area contributed by atoms with Crippen LogP contribution in [-0.4, -0.2) is 11.4 Å². The zero-order valence-corrected chi connectivity index (χ0v) is 12.4. The lowest BCUT2D eigenvalue weighted by atomic mass is 9.95. The largest absolute Gasteiger partial charge is 0.360 e. The summed E-state index contributed by atoms with van der Waals surface area (Å²) in [5.74, 6) is 0.879. The Hall–Kier alpha value is -1.32. The summed E-state index contributed by atoms with van der Waals surface area (Å²) < 4.78 is 5.48. The molecular formula is C15H13Cl2NO2. The van der Waals surface area contributed by atoms with Crippen LogP contribution < -0.4 is 0 Å². The molecule has 5 heteroatoms. The molecule has 1 unspecified atom stereocenters. The molecule has 0 N–H and O–H groups in total. The minimum atomic E-state index is -0.292. The van der Waals surface area contributed by atoms with Gasteiger partial charge in [-0.3, -0.25) is 0 Å².